The number of rotatable bonds is 7. The van der Waals surface area contributed by atoms with Gasteiger partial charge in [0.2, 0.25) is 0 Å². The third-order valence-corrected chi connectivity index (χ3v) is 12.5. The number of amides is 1. The number of carboxylic acid groups (broad SMARTS) is 1. The largest absolute Gasteiger partial charge is 0.477 e. The maximum absolute atomic E-state index is 13.3. The lowest BCUT2D eigenvalue weighted by Gasteiger charge is -2.47. The summed E-state index contributed by atoms with van der Waals surface area (Å²) in [6.45, 7) is -2.44. The van der Waals surface area contributed by atoms with Gasteiger partial charge in [-0.2, -0.15) is 0 Å². The summed E-state index contributed by atoms with van der Waals surface area (Å²) < 4.78 is 0. The van der Waals surface area contributed by atoms with Gasteiger partial charge in [-0.3, -0.25) is 14.7 Å². The number of nitrogens with zero attached hydrogens (tertiary/aromatic N) is 2. The molecule has 0 aliphatic carbocycles. The lowest BCUT2D eigenvalue weighted by Crippen LogP contribution is -2.64. The van der Waals surface area contributed by atoms with Crippen LogP contribution in [0.2, 0.25) is 0 Å². The Balaban J connectivity index is 1.52. The molecule has 7 heteroatoms. The first kappa shape index (κ1) is 26.1. The lowest BCUT2D eigenvalue weighted by molar-refractivity contribution is -0.147. The van der Waals surface area contributed by atoms with E-state index in [1.54, 1.807) is 18.0 Å². The normalized spacial score (nSPS) is 18.8. The molecule has 2 heterocycles. The third kappa shape index (κ3) is 4.64. The molecule has 2 aliphatic heterocycles. The van der Waals surface area contributed by atoms with Crippen LogP contribution in [0.1, 0.15) is 5.56 Å². The Morgan fingerprint density at radius 2 is 1.27 bits per heavy atom. The summed E-state index contributed by atoms with van der Waals surface area (Å²) in [5, 5.41) is 13.5. The van der Waals surface area contributed by atoms with Crippen molar-refractivity contribution in [1.82, 2.24) is 4.90 Å². The second kappa shape index (κ2) is 11.2. The van der Waals surface area contributed by atoms with Crippen molar-refractivity contribution in [3.63, 3.8) is 0 Å². The first-order valence-electron chi connectivity index (χ1n) is 13.0. The van der Waals surface area contributed by atoms with Crippen LogP contribution < -0.4 is 15.9 Å². The fourth-order valence-corrected chi connectivity index (χ4v) is 10.7. The summed E-state index contributed by atoms with van der Waals surface area (Å²) in [6.07, 6.45) is 1.70. The first-order chi connectivity index (χ1) is 19.6. The van der Waals surface area contributed by atoms with Gasteiger partial charge in [0.15, 0.2) is 6.04 Å². The molecular formula is C33H27N2O3PS. The average Bonchev–Trinajstić information content (AvgIpc) is 3.01. The van der Waals surface area contributed by atoms with E-state index < -0.39 is 18.9 Å². The number of carbonyl (C=O) groups is 2. The molecule has 1 fully saturated rings. The smallest absolute Gasteiger partial charge is 0.352 e. The van der Waals surface area contributed by atoms with Crippen LogP contribution in [0.15, 0.2) is 138 Å². The monoisotopic (exact) mass is 562 g/mol. The fourth-order valence-electron chi connectivity index (χ4n) is 5.33. The summed E-state index contributed by atoms with van der Waals surface area (Å²) in [5.41, 5.74) is 1.63. The molecule has 198 valence electrons. The van der Waals surface area contributed by atoms with Crippen molar-refractivity contribution in [2.75, 3.05) is 5.75 Å². The predicted octanol–water partition coefficient (Wildman–Crippen LogP) is 4.52. The van der Waals surface area contributed by atoms with E-state index in [-0.39, 0.29) is 17.0 Å². The van der Waals surface area contributed by atoms with Crippen LogP contribution in [0.25, 0.3) is 0 Å². The first-order valence-corrected chi connectivity index (χ1v) is 15.9. The van der Waals surface area contributed by atoms with Gasteiger partial charge in [-0.1, -0.05) is 121 Å². The topological polar surface area (TPSA) is 70.0 Å². The molecule has 1 unspecified atom stereocenters. The molecule has 0 radical (unpaired) electrons. The molecule has 40 heavy (non-hydrogen) atoms. The molecule has 1 N–H and O–H groups in total. The minimum Gasteiger partial charge on any atom is -0.477 e. The van der Waals surface area contributed by atoms with Crippen LogP contribution in [0.4, 0.5) is 0 Å². The number of aliphatic carboxylic acids is 1. The molecule has 4 aromatic rings. The molecule has 2 aliphatic rings. The van der Waals surface area contributed by atoms with E-state index in [2.05, 4.69) is 47.2 Å². The standard InChI is InChI=1S/C33H27N2O3PS/c36-31-29(34-21-24-13-5-1-6-14-24)32-35(31)30(33(37)38)25(23-40-32)22-39(26-15-7-2-8-16-26,27-17-9-3-10-18-27)28-19-11-4-12-20-28/h1-22,29,32H,23H2,(H,37,38)/t29?,32-/m1/s1. The minimum atomic E-state index is -2.44. The summed E-state index contributed by atoms with van der Waals surface area (Å²) in [5.74, 6) is 1.26. The molecule has 0 bridgehead atoms. The average molecular weight is 563 g/mol. The zero-order valence-corrected chi connectivity index (χ0v) is 23.3. The number of hydrogen-bond acceptors (Lipinski definition) is 4. The molecule has 0 saturated carbocycles. The van der Waals surface area contributed by atoms with Crippen LogP contribution >= 0.6 is 18.6 Å². The lowest BCUT2D eigenvalue weighted by atomic mass is 10.0. The van der Waals surface area contributed by atoms with Crippen LogP contribution in [0.3, 0.4) is 0 Å². The maximum Gasteiger partial charge on any atom is 0.352 e. The molecule has 1 saturated heterocycles. The number of carboxylic acids is 1. The van der Waals surface area contributed by atoms with Crippen molar-refractivity contribution >= 4 is 58.4 Å². The summed E-state index contributed by atoms with van der Waals surface area (Å²) >= 11 is 1.57. The highest BCUT2D eigenvalue weighted by Gasteiger charge is 2.53. The maximum atomic E-state index is 13.3. The minimum absolute atomic E-state index is 0.0621. The SMILES string of the molecule is O=C(O)C1=C(C=P(c2ccccc2)(c2ccccc2)c2ccccc2)CS[C@@H]2C(N=Cc3ccccc3)C(=O)N12. The Kier molecular flexibility index (Phi) is 7.29. The second-order valence-corrected chi connectivity index (χ2v) is 13.9. The Morgan fingerprint density at radius 1 is 0.800 bits per heavy atom. The quantitative estimate of drug-likeness (QED) is 0.204. The number of benzene rings is 4. The Hall–Kier alpha value is -4.12. The number of aliphatic imine (C=N–C) groups is 1. The fraction of sp³-hybridized carbons (Fsp3) is 0.0909. The van der Waals surface area contributed by atoms with Crippen LogP contribution in [-0.2, 0) is 9.59 Å². The van der Waals surface area contributed by atoms with Crippen molar-refractivity contribution in [3.05, 3.63) is 138 Å². The third-order valence-electron chi connectivity index (χ3n) is 7.20. The Morgan fingerprint density at radius 3 is 1.75 bits per heavy atom. The molecule has 4 aromatic carbocycles. The molecule has 0 aromatic heterocycles. The van der Waals surface area contributed by atoms with Gasteiger partial charge in [-0.15, -0.1) is 11.8 Å². The zero-order chi connectivity index (χ0) is 27.5. The number of β-lactam (4-membered cyclic amide) rings is 1. The van der Waals surface area contributed by atoms with E-state index in [1.807, 2.05) is 84.9 Å². The number of hydrogen-bond donors (Lipinski definition) is 1. The molecule has 0 spiro atoms. The Bertz CT molecular complexity index is 1550. The van der Waals surface area contributed by atoms with Crippen molar-refractivity contribution in [2.24, 2.45) is 4.99 Å². The molecule has 1 amide bonds. The van der Waals surface area contributed by atoms with Crippen LogP contribution in [0, 0.1) is 0 Å². The van der Waals surface area contributed by atoms with Gasteiger partial charge in [0, 0.05) is 12.0 Å². The highest BCUT2D eigenvalue weighted by molar-refractivity contribution is 8.00. The number of carbonyl (C=O) groups excluding carboxylic acids is 1. The number of fused-ring (bicyclic) bond motifs is 1. The van der Waals surface area contributed by atoms with Crippen LogP contribution in [0.5, 0.6) is 0 Å². The van der Waals surface area contributed by atoms with E-state index in [1.165, 1.54) is 4.90 Å². The second-order valence-electron chi connectivity index (χ2n) is 9.58. The van der Waals surface area contributed by atoms with Crippen molar-refractivity contribution < 1.29 is 14.7 Å². The van der Waals surface area contributed by atoms with Crippen molar-refractivity contribution in [3.8, 4) is 0 Å². The highest BCUT2D eigenvalue weighted by Crippen LogP contribution is 2.48. The van der Waals surface area contributed by atoms with E-state index in [9.17, 15) is 14.7 Å². The zero-order valence-electron chi connectivity index (χ0n) is 21.6. The van der Waals surface area contributed by atoms with Crippen molar-refractivity contribution in [2.45, 2.75) is 11.4 Å². The summed E-state index contributed by atoms with van der Waals surface area (Å²) in [7, 11) is 0. The molecule has 6 rings (SSSR count). The molecule has 5 nitrogen and oxygen atoms in total. The van der Waals surface area contributed by atoms with E-state index in [4.69, 9.17) is 0 Å². The van der Waals surface area contributed by atoms with Crippen LogP contribution in [-0.4, -0.2) is 51.1 Å². The van der Waals surface area contributed by atoms with Gasteiger partial charge in [0.05, 0.1) is 0 Å². The van der Waals surface area contributed by atoms with Gasteiger partial charge >= 0.3 is 5.97 Å². The summed E-state index contributed by atoms with van der Waals surface area (Å²) in [6, 6.07) is 39.8. The molecule has 2 atom stereocenters. The van der Waals surface area contributed by atoms with Gasteiger partial charge in [0.1, 0.15) is 11.1 Å². The van der Waals surface area contributed by atoms with E-state index >= 15 is 0 Å². The summed E-state index contributed by atoms with van der Waals surface area (Å²) in [4.78, 5) is 32.1. The van der Waals surface area contributed by atoms with Gasteiger partial charge in [-0.05, 0) is 39.7 Å². The van der Waals surface area contributed by atoms with E-state index in [0.29, 0.717) is 11.3 Å². The van der Waals surface area contributed by atoms with Crippen molar-refractivity contribution in [1.29, 1.82) is 0 Å². The van der Waals surface area contributed by atoms with Gasteiger partial charge in [0.25, 0.3) is 5.91 Å². The molecular weight excluding hydrogens is 535 g/mol. The van der Waals surface area contributed by atoms with E-state index in [0.717, 1.165) is 21.5 Å². The highest BCUT2D eigenvalue weighted by atomic mass is 32.2. The van der Waals surface area contributed by atoms with Gasteiger partial charge < -0.3 is 5.11 Å². The predicted molar refractivity (Wildman–Crippen MR) is 167 cm³/mol. The number of thioether (sulfide) groups is 1. The Labute approximate surface area is 237 Å². The van der Waals surface area contributed by atoms with Gasteiger partial charge in [-0.25, -0.2) is 4.79 Å².